The summed E-state index contributed by atoms with van der Waals surface area (Å²) in [7, 11) is 0. The van der Waals surface area contributed by atoms with E-state index in [0.717, 1.165) is 5.56 Å². The third kappa shape index (κ3) is 4.32. The minimum atomic E-state index is -0.333. The Kier molecular flexibility index (Phi) is 4.81. The number of hydrogen-bond donors (Lipinski definition) is 1. The van der Waals surface area contributed by atoms with Gasteiger partial charge in [0.2, 0.25) is 0 Å². The average molecular weight is 300 g/mol. The zero-order chi connectivity index (χ0) is 16.2. The van der Waals surface area contributed by atoms with Gasteiger partial charge in [0, 0.05) is 17.8 Å². The fourth-order valence-electron chi connectivity index (χ4n) is 2.10. The topological polar surface area (TPSA) is 32.3 Å². The van der Waals surface area contributed by atoms with E-state index in [4.69, 9.17) is 0 Å². The second-order valence-electron chi connectivity index (χ2n) is 6.18. The van der Waals surface area contributed by atoms with Crippen molar-refractivity contribution in [2.45, 2.75) is 32.9 Å². The SMILES string of the molecule is CC(C)(C)N(Cc1ccccc1)C(=O)Nc1ccc(F)cc1. The smallest absolute Gasteiger partial charge is 0.315 e. The Bertz CT molecular complexity index is 618. The highest BCUT2D eigenvalue weighted by molar-refractivity contribution is 5.89. The first-order chi connectivity index (χ1) is 10.4. The molecule has 0 aliphatic rings. The molecule has 0 bridgehead atoms. The van der Waals surface area contributed by atoms with E-state index in [0.29, 0.717) is 12.2 Å². The number of nitrogens with zero attached hydrogens (tertiary/aromatic N) is 1. The van der Waals surface area contributed by atoms with Crippen LogP contribution in [0.15, 0.2) is 54.6 Å². The number of urea groups is 1. The Hall–Kier alpha value is -2.36. The van der Waals surface area contributed by atoms with E-state index in [2.05, 4.69) is 5.32 Å². The molecule has 2 aromatic carbocycles. The lowest BCUT2D eigenvalue weighted by atomic mass is 10.1. The summed E-state index contributed by atoms with van der Waals surface area (Å²) < 4.78 is 12.9. The normalized spacial score (nSPS) is 11.1. The second kappa shape index (κ2) is 6.60. The molecule has 3 nitrogen and oxygen atoms in total. The summed E-state index contributed by atoms with van der Waals surface area (Å²) in [6.45, 7) is 6.47. The summed E-state index contributed by atoms with van der Waals surface area (Å²) in [6, 6.07) is 15.4. The van der Waals surface area contributed by atoms with Crippen LogP contribution in [0.4, 0.5) is 14.9 Å². The number of rotatable bonds is 3. The molecular formula is C18H21FN2O. The van der Waals surface area contributed by atoms with E-state index in [1.54, 1.807) is 17.0 Å². The first-order valence-electron chi connectivity index (χ1n) is 7.24. The van der Waals surface area contributed by atoms with Crippen molar-refractivity contribution >= 4 is 11.7 Å². The number of anilines is 1. The minimum absolute atomic E-state index is 0.206. The van der Waals surface area contributed by atoms with Crippen molar-refractivity contribution in [2.24, 2.45) is 0 Å². The van der Waals surface area contributed by atoms with Gasteiger partial charge in [0.25, 0.3) is 0 Å². The maximum absolute atomic E-state index is 12.9. The number of carbonyl (C=O) groups excluding carboxylic acids is 1. The maximum atomic E-state index is 12.9. The van der Waals surface area contributed by atoms with Gasteiger partial charge < -0.3 is 10.2 Å². The Morgan fingerprint density at radius 2 is 1.64 bits per heavy atom. The molecule has 0 heterocycles. The van der Waals surface area contributed by atoms with E-state index < -0.39 is 0 Å². The molecule has 0 fully saturated rings. The van der Waals surface area contributed by atoms with Crippen LogP contribution in [-0.4, -0.2) is 16.5 Å². The summed E-state index contributed by atoms with van der Waals surface area (Å²) in [5.74, 6) is -0.324. The van der Waals surface area contributed by atoms with Gasteiger partial charge in [0.05, 0.1) is 0 Å². The van der Waals surface area contributed by atoms with Gasteiger partial charge >= 0.3 is 6.03 Å². The van der Waals surface area contributed by atoms with E-state index in [1.807, 2.05) is 51.1 Å². The molecule has 116 valence electrons. The van der Waals surface area contributed by atoms with Gasteiger partial charge in [0.1, 0.15) is 5.82 Å². The van der Waals surface area contributed by atoms with Gasteiger partial charge in [0.15, 0.2) is 0 Å². The lowest BCUT2D eigenvalue weighted by molar-refractivity contribution is 0.152. The van der Waals surface area contributed by atoms with Gasteiger partial charge in [-0.3, -0.25) is 0 Å². The lowest BCUT2D eigenvalue weighted by Crippen LogP contribution is -2.47. The van der Waals surface area contributed by atoms with E-state index in [-0.39, 0.29) is 17.4 Å². The first kappa shape index (κ1) is 16.0. The van der Waals surface area contributed by atoms with Crippen molar-refractivity contribution in [1.82, 2.24) is 4.90 Å². The monoisotopic (exact) mass is 300 g/mol. The number of carbonyl (C=O) groups is 1. The molecule has 0 saturated carbocycles. The summed E-state index contributed by atoms with van der Waals surface area (Å²) in [6.07, 6.45) is 0. The van der Waals surface area contributed by atoms with Gasteiger partial charge in [-0.05, 0) is 50.6 Å². The highest BCUT2D eigenvalue weighted by atomic mass is 19.1. The van der Waals surface area contributed by atoms with Crippen molar-refractivity contribution in [3.05, 3.63) is 66.0 Å². The molecule has 2 rings (SSSR count). The molecule has 0 aromatic heterocycles. The van der Waals surface area contributed by atoms with Crippen molar-refractivity contribution in [2.75, 3.05) is 5.32 Å². The van der Waals surface area contributed by atoms with Crippen LogP contribution in [0.2, 0.25) is 0 Å². The third-order valence-corrected chi connectivity index (χ3v) is 3.33. The number of benzene rings is 2. The number of amides is 2. The van der Waals surface area contributed by atoms with Gasteiger partial charge in [-0.1, -0.05) is 30.3 Å². The summed E-state index contributed by atoms with van der Waals surface area (Å²) in [4.78, 5) is 14.3. The molecule has 4 heteroatoms. The van der Waals surface area contributed by atoms with Crippen molar-refractivity contribution < 1.29 is 9.18 Å². The van der Waals surface area contributed by atoms with Gasteiger partial charge in [-0.25, -0.2) is 9.18 Å². The zero-order valence-corrected chi connectivity index (χ0v) is 13.1. The molecule has 0 aliphatic carbocycles. The number of hydrogen-bond acceptors (Lipinski definition) is 1. The Labute approximate surface area is 130 Å². The zero-order valence-electron chi connectivity index (χ0n) is 13.1. The Balaban J connectivity index is 2.15. The highest BCUT2D eigenvalue weighted by Gasteiger charge is 2.26. The van der Waals surface area contributed by atoms with Crippen LogP contribution in [0.25, 0.3) is 0 Å². The van der Waals surface area contributed by atoms with Crippen LogP contribution < -0.4 is 5.32 Å². The highest BCUT2D eigenvalue weighted by Crippen LogP contribution is 2.19. The molecule has 2 amide bonds. The van der Waals surface area contributed by atoms with Crippen LogP contribution in [0.5, 0.6) is 0 Å². The number of nitrogens with one attached hydrogen (secondary N) is 1. The maximum Gasteiger partial charge on any atom is 0.322 e. The molecule has 0 aliphatic heterocycles. The standard InChI is InChI=1S/C18H21FN2O/c1-18(2,3)21(13-14-7-5-4-6-8-14)17(22)20-16-11-9-15(19)10-12-16/h4-12H,13H2,1-3H3,(H,20,22). The van der Waals surface area contributed by atoms with Gasteiger partial charge in [-0.15, -0.1) is 0 Å². The molecule has 0 unspecified atom stereocenters. The predicted molar refractivity (Wildman–Crippen MR) is 87.2 cm³/mol. The summed E-state index contributed by atoms with van der Waals surface area (Å²) in [5.41, 5.74) is 1.31. The summed E-state index contributed by atoms with van der Waals surface area (Å²) in [5, 5.41) is 2.82. The van der Waals surface area contributed by atoms with Crippen molar-refractivity contribution in [3.8, 4) is 0 Å². The molecule has 0 atom stereocenters. The van der Waals surface area contributed by atoms with Crippen molar-refractivity contribution in [3.63, 3.8) is 0 Å². The predicted octanol–water partition coefficient (Wildman–Crippen LogP) is 4.66. The van der Waals surface area contributed by atoms with Crippen LogP contribution in [0.1, 0.15) is 26.3 Å². The molecule has 0 saturated heterocycles. The largest absolute Gasteiger partial charge is 0.322 e. The van der Waals surface area contributed by atoms with Crippen molar-refractivity contribution in [1.29, 1.82) is 0 Å². The Morgan fingerprint density at radius 3 is 2.18 bits per heavy atom. The molecule has 22 heavy (non-hydrogen) atoms. The fraction of sp³-hybridized carbons (Fsp3) is 0.278. The molecule has 1 N–H and O–H groups in total. The van der Waals surface area contributed by atoms with Crippen LogP contribution in [0.3, 0.4) is 0 Å². The van der Waals surface area contributed by atoms with Crippen LogP contribution >= 0.6 is 0 Å². The molecule has 2 aromatic rings. The van der Waals surface area contributed by atoms with E-state index >= 15 is 0 Å². The Morgan fingerprint density at radius 1 is 1.05 bits per heavy atom. The lowest BCUT2D eigenvalue weighted by Gasteiger charge is -2.35. The fourth-order valence-corrected chi connectivity index (χ4v) is 2.10. The van der Waals surface area contributed by atoms with Crippen LogP contribution in [0, 0.1) is 5.82 Å². The molecule has 0 radical (unpaired) electrons. The number of halogens is 1. The summed E-state index contributed by atoms with van der Waals surface area (Å²) >= 11 is 0. The molecule has 0 spiro atoms. The minimum Gasteiger partial charge on any atom is -0.315 e. The quantitative estimate of drug-likeness (QED) is 0.878. The first-order valence-corrected chi connectivity index (χ1v) is 7.24. The molecular weight excluding hydrogens is 279 g/mol. The van der Waals surface area contributed by atoms with E-state index in [1.165, 1.54) is 12.1 Å². The van der Waals surface area contributed by atoms with Crippen LogP contribution in [-0.2, 0) is 6.54 Å². The average Bonchev–Trinajstić information content (AvgIpc) is 2.47. The second-order valence-corrected chi connectivity index (χ2v) is 6.18. The third-order valence-electron chi connectivity index (χ3n) is 3.33. The van der Waals surface area contributed by atoms with E-state index in [9.17, 15) is 9.18 Å². The van der Waals surface area contributed by atoms with Gasteiger partial charge in [-0.2, -0.15) is 0 Å².